The SMILES string of the molecule is Nc1ccc(NC(=O)C(=O)NC2CC2)cc1Cl. The molecule has 1 fully saturated rings. The van der Waals surface area contributed by atoms with Gasteiger partial charge in [-0.25, -0.2) is 0 Å². The first-order valence-corrected chi connectivity index (χ1v) is 5.61. The fourth-order valence-electron chi connectivity index (χ4n) is 1.27. The molecule has 0 radical (unpaired) electrons. The van der Waals surface area contributed by atoms with E-state index in [0.717, 1.165) is 12.8 Å². The minimum absolute atomic E-state index is 0.156. The molecule has 1 aliphatic carbocycles. The number of benzene rings is 1. The van der Waals surface area contributed by atoms with Crippen LogP contribution in [0.25, 0.3) is 0 Å². The van der Waals surface area contributed by atoms with Gasteiger partial charge in [-0.1, -0.05) is 11.6 Å². The van der Waals surface area contributed by atoms with Crippen LogP contribution in [0.2, 0.25) is 5.02 Å². The molecule has 0 atom stereocenters. The highest BCUT2D eigenvalue weighted by atomic mass is 35.5. The van der Waals surface area contributed by atoms with Gasteiger partial charge in [0.2, 0.25) is 0 Å². The molecule has 0 aromatic heterocycles. The Kier molecular flexibility index (Phi) is 3.19. The fourth-order valence-corrected chi connectivity index (χ4v) is 1.45. The molecule has 0 saturated heterocycles. The number of hydrogen-bond acceptors (Lipinski definition) is 3. The minimum Gasteiger partial charge on any atom is -0.398 e. The Labute approximate surface area is 103 Å². The molecule has 2 rings (SSSR count). The molecule has 5 nitrogen and oxygen atoms in total. The third kappa shape index (κ3) is 3.10. The molecule has 0 spiro atoms. The second-order valence-electron chi connectivity index (χ2n) is 3.94. The average molecular weight is 254 g/mol. The van der Waals surface area contributed by atoms with Crippen molar-refractivity contribution in [2.75, 3.05) is 11.1 Å². The summed E-state index contributed by atoms with van der Waals surface area (Å²) in [6.07, 6.45) is 1.87. The number of amides is 2. The number of nitrogen functional groups attached to an aromatic ring is 1. The Bertz CT molecular complexity index is 472. The lowest BCUT2D eigenvalue weighted by atomic mass is 10.3. The maximum absolute atomic E-state index is 11.5. The van der Waals surface area contributed by atoms with Crippen LogP contribution in [0.15, 0.2) is 18.2 Å². The van der Waals surface area contributed by atoms with Gasteiger partial charge >= 0.3 is 11.8 Å². The van der Waals surface area contributed by atoms with Crippen LogP contribution in [0.1, 0.15) is 12.8 Å². The predicted octanol–water partition coefficient (Wildman–Crippen LogP) is 1.14. The first-order valence-electron chi connectivity index (χ1n) is 5.23. The molecule has 1 saturated carbocycles. The molecule has 2 amide bonds. The fraction of sp³-hybridized carbons (Fsp3) is 0.273. The van der Waals surface area contributed by atoms with Crippen molar-refractivity contribution in [2.24, 2.45) is 0 Å². The largest absolute Gasteiger partial charge is 0.398 e. The number of halogens is 1. The van der Waals surface area contributed by atoms with E-state index in [1.54, 1.807) is 12.1 Å². The Balaban J connectivity index is 1.96. The van der Waals surface area contributed by atoms with Crippen LogP contribution in [0, 0.1) is 0 Å². The maximum atomic E-state index is 11.5. The van der Waals surface area contributed by atoms with Gasteiger partial charge in [0.05, 0.1) is 10.7 Å². The number of rotatable bonds is 2. The van der Waals surface area contributed by atoms with E-state index in [4.69, 9.17) is 17.3 Å². The quantitative estimate of drug-likeness (QED) is 0.546. The van der Waals surface area contributed by atoms with E-state index < -0.39 is 11.8 Å². The van der Waals surface area contributed by atoms with E-state index in [0.29, 0.717) is 16.4 Å². The van der Waals surface area contributed by atoms with E-state index in [-0.39, 0.29) is 6.04 Å². The van der Waals surface area contributed by atoms with Gasteiger partial charge in [-0.15, -0.1) is 0 Å². The van der Waals surface area contributed by atoms with E-state index in [1.165, 1.54) is 6.07 Å². The summed E-state index contributed by atoms with van der Waals surface area (Å²) in [5.41, 5.74) is 6.40. The third-order valence-electron chi connectivity index (χ3n) is 2.38. The van der Waals surface area contributed by atoms with Crippen LogP contribution < -0.4 is 16.4 Å². The molecule has 0 unspecified atom stereocenters. The average Bonchev–Trinajstić information content (AvgIpc) is 3.07. The molecule has 6 heteroatoms. The summed E-state index contributed by atoms with van der Waals surface area (Å²) in [5, 5.41) is 5.38. The highest BCUT2D eigenvalue weighted by molar-refractivity contribution is 6.40. The summed E-state index contributed by atoms with van der Waals surface area (Å²) < 4.78 is 0. The number of nitrogens with one attached hydrogen (secondary N) is 2. The lowest BCUT2D eigenvalue weighted by Crippen LogP contribution is -2.36. The van der Waals surface area contributed by atoms with Crippen LogP contribution in [0.4, 0.5) is 11.4 Å². The number of carbonyl (C=O) groups excluding carboxylic acids is 2. The van der Waals surface area contributed by atoms with E-state index in [9.17, 15) is 9.59 Å². The highest BCUT2D eigenvalue weighted by Crippen LogP contribution is 2.22. The van der Waals surface area contributed by atoms with Gasteiger partial charge < -0.3 is 16.4 Å². The zero-order valence-electron chi connectivity index (χ0n) is 9.00. The van der Waals surface area contributed by atoms with Gasteiger partial charge in [0.1, 0.15) is 0 Å². The van der Waals surface area contributed by atoms with Gasteiger partial charge in [-0.2, -0.15) is 0 Å². The molecule has 0 heterocycles. The molecule has 0 bridgehead atoms. The van der Waals surface area contributed by atoms with E-state index in [2.05, 4.69) is 10.6 Å². The molecule has 1 aromatic rings. The Hall–Kier alpha value is -1.75. The van der Waals surface area contributed by atoms with Crippen LogP contribution in [-0.4, -0.2) is 17.9 Å². The monoisotopic (exact) mass is 253 g/mol. The Morgan fingerprint density at radius 2 is 2.00 bits per heavy atom. The number of carbonyl (C=O) groups is 2. The molecule has 90 valence electrons. The van der Waals surface area contributed by atoms with Crippen molar-refractivity contribution < 1.29 is 9.59 Å². The lowest BCUT2D eigenvalue weighted by molar-refractivity contribution is -0.136. The van der Waals surface area contributed by atoms with Crippen molar-refractivity contribution in [3.8, 4) is 0 Å². The second kappa shape index (κ2) is 4.63. The molecule has 0 aliphatic heterocycles. The highest BCUT2D eigenvalue weighted by Gasteiger charge is 2.26. The molecular formula is C11H12ClN3O2. The van der Waals surface area contributed by atoms with Gasteiger partial charge in [0.15, 0.2) is 0 Å². The maximum Gasteiger partial charge on any atom is 0.313 e. The summed E-state index contributed by atoms with van der Waals surface area (Å²) in [4.78, 5) is 22.8. The summed E-state index contributed by atoms with van der Waals surface area (Å²) >= 11 is 5.79. The van der Waals surface area contributed by atoms with Crippen molar-refractivity contribution in [1.82, 2.24) is 5.32 Å². The minimum atomic E-state index is -0.697. The number of anilines is 2. The lowest BCUT2D eigenvalue weighted by Gasteiger charge is -2.06. The van der Waals surface area contributed by atoms with Crippen LogP contribution in [0.5, 0.6) is 0 Å². The summed E-state index contributed by atoms with van der Waals surface area (Å²) in [6.45, 7) is 0. The van der Waals surface area contributed by atoms with Gasteiger partial charge in [0.25, 0.3) is 0 Å². The number of nitrogens with two attached hydrogens (primary N) is 1. The zero-order valence-corrected chi connectivity index (χ0v) is 9.75. The van der Waals surface area contributed by atoms with Gasteiger partial charge in [-0.05, 0) is 31.0 Å². The standard InChI is InChI=1S/C11H12ClN3O2/c12-8-5-7(3-4-9(8)13)15-11(17)10(16)14-6-1-2-6/h3-6H,1-2,13H2,(H,14,16)(H,15,17). The Morgan fingerprint density at radius 1 is 1.29 bits per heavy atom. The topological polar surface area (TPSA) is 84.2 Å². The van der Waals surface area contributed by atoms with Crippen molar-refractivity contribution in [3.05, 3.63) is 23.2 Å². The molecular weight excluding hydrogens is 242 g/mol. The van der Waals surface area contributed by atoms with E-state index >= 15 is 0 Å². The number of hydrogen-bond donors (Lipinski definition) is 3. The third-order valence-corrected chi connectivity index (χ3v) is 2.70. The van der Waals surface area contributed by atoms with Crippen LogP contribution in [-0.2, 0) is 9.59 Å². The van der Waals surface area contributed by atoms with Crippen molar-refractivity contribution >= 4 is 34.8 Å². The second-order valence-corrected chi connectivity index (χ2v) is 4.35. The van der Waals surface area contributed by atoms with Crippen molar-refractivity contribution in [3.63, 3.8) is 0 Å². The first kappa shape index (κ1) is 11.7. The normalized spacial score (nSPS) is 14.2. The molecule has 1 aromatic carbocycles. The van der Waals surface area contributed by atoms with Gasteiger partial charge in [-0.3, -0.25) is 9.59 Å². The van der Waals surface area contributed by atoms with Gasteiger partial charge in [0, 0.05) is 11.7 Å². The van der Waals surface area contributed by atoms with E-state index in [1.807, 2.05) is 0 Å². The Morgan fingerprint density at radius 3 is 2.59 bits per heavy atom. The molecule has 1 aliphatic rings. The predicted molar refractivity (Wildman–Crippen MR) is 65.7 cm³/mol. The van der Waals surface area contributed by atoms with Crippen LogP contribution >= 0.6 is 11.6 Å². The summed E-state index contributed by atoms with van der Waals surface area (Å²) in [6, 6.07) is 4.81. The smallest absolute Gasteiger partial charge is 0.313 e. The molecule has 17 heavy (non-hydrogen) atoms. The summed E-state index contributed by atoms with van der Waals surface area (Å²) in [5.74, 6) is -1.32. The first-order chi connectivity index (χ1) is 8.06. The summed E-state index contributed by atoms with van der Waals surface area (Å²) in [7, 11) is 0. The van der Waals surface area contributed by atoms with Crippen molar-refractivity contribution in [2.45, 2.75) is 18.9 Å². The van der Waals surface area contributed by atoms with Crippen LogP contribution in [0.3, 0.4) is 0 Å². The zero-order chi connectivity index (χ0) is 12.4. The molecule has 4 N–H and O–H groups in total. The van der Waals surface area contributed by atoms with Crippen molar-refractivity contribution in [1.29, 1.82) is 0 Å².